The first-order valence-electron chi connectivity index (χ1n) is 9.69. The zero-order valence-electron chi connectivity index (χ0n) is 17.3. The van der Waals surface area contributed by atoms with Crippen molar-refractivity contribution in [3.05, 3.63) is 91.8 Å². The third kappa shape index (κ3) is 4.22. The summed E-state index contributed by atoms with van der Waals surface area (Å²) in [6, 6.07) is 9.00. The normalized spacial score (nSPS) is 15.8. The van der Waals surface area contributed by atoms with Gasteiger partial charge in [0.2, 0.25) is 5.78 Å². The zero-order valence-corrected chi connectivity index (χ0v) is 19.7. The minimum absolute atomic E-state index is 0.0311. The van der Waals surface area contributed by atoms with Gasteiger partial charge in [-0.15, -0.1) is 11.3 Å². The molecule has 0 saturated heterocycles. The predicted molar refractivity (Wildman–Crippen MR) is 127 cm³/mol. The van der Waals surface area contributed by atoms with Gasteiger partial charge in [-0.1, -0.05) is 53.8 Å². The molecule has 1 aromatic carbocycles. The number of esters is 1. The summed E-state index contributed by atoms with van der Waals surface area (Å²) in [5.74, 6) is -2.50. The highest BCUT2D eigenvalue weighted by molar-refractivity contribution is 7.17. The van der Waals surface area contributed by atoms with Crippen LogP contribution in [-0.4, -0.2) is 34.4 Å². The van der Waals surface area contributed by atoms with E-state index in [-0.39, 0.29) is 22.2 Å². The van der Waals surface area contributed by atoms with Crippen molar-refractivity contribution in [2.75, 3.05) is 11.5 Å². The van der Waals surface area contributed by atoms with Gasteiger partial charge in [-0.25, -0.2) is 9.78 Å². The Hall–Kier alpha value is -3.27. The first-order chi connectivity index (χ1) is 15.8. The molecule has 0 saturated carbocycles. The van der Waals surface area contributed by atoms with E-state index in [0.717, 1.165) is 11.3 Å². The Labute approximate surface area is 202 Å². The third-order valence-corrected chi connectivity index (χ3v) is 7.15. The molecule has 168 valence electrons. The minimum Gasteiger partial charge on any atom is -0.503 e. The molecule has 1 atom stereocenters. The van der Waals surface area contributed by atoms with E-state index >= 15 is 0 Å². The molecule has 0 bridgehead atoms. The summed E-state index contributed by atoms with van der Waals surface area (Å²) in [4.78, 5) is 45.0. The van der Waals surface area contributed by atoms with Crippen LogP contribution in [0.15, 0.2) is 65.8 Å². The number of thiophene rings is 1. The van der Waals surface area contributed by atoms with E-state index < -0.39 is 29.5 Å². The summed E-state index contributed by atoms with van der Waals surface area (Å²) in [5, 5.41) is 13.1. The smallest absolute Gasteiger partial charge is 0.350 e. The number of ketones is 1. The molecular weight excluding hydrogens is 484 g/mol. The lowest BCUT2D eigenvalue weighted by Crippen LogP contribution is -2.31. The third-order valence-electron chi connectivity index (χ3n) is 4.89. The van der Waals surface area contributed by atoms with Crippen LogP contribution >= 0.6 is 34.3 Å². The fraction of sp³-hybridized carbons (Fsp3) is 0.130. The van der Waals surface area contributed by atoms with Gasteiger partial charge >= 0.3 is 5.97 Å². The molecular formula is C23H17ClN2O5S2. The summed E-state index contributed by atoms with van der Waals surface area (Å²) < 4.78 is 5.10. The largest absolute Gasteiger partial charge is 0.503 e. The fourth-order valence-electron chi connectivity index (χ4n) is 3.41. The fourth-order valence-corrected chi connectivity index (χ4v) is 5.20. The van der Waals surface area contributed by atoms with E-state index in [1.54, 1.807) is 48.7 Å². The van der Waals surface area contributed by atoms with Crippen LogP contribution in [0.2, 0.25) is 5.02 Å². The van der Waals surface area contributed by atoms with E-state index in [4.69, 9.17) is 16.3 Å². The summed E-state index contributed by atoms with van der Waals surface area (Å²) in [5.41, 5.74) is 0.859. The van der Waals surface area contributed by atoms with E-state index in [0.29, 0.717) is 21.2 Å². The molecule has 0 fully saturated rings. The number of thiazole rings is 1. The number of aromatic nitrogens is 1. The number of carbonyl (C=O) groups is 3. The molecule has 1 aliphatic rings. The van der Waals surface area contributed by atoms with Gasteiger partial charge in [0.1, 0.15) is 11.5 Å². The molecule has 1 amide bonds. The number of halogens is 1. The van der Waals surface area contributed by atoms with Crippen LogP contribution in [0, 0.1) is 6.92 Å². The van der Waals surface area contributed by atoms with E-state index in [1.807, 2.05) is 0 Å². The van der Waals surface area contributed by atoms with Crippen LogP contribution in [0.1, 0.15) is 36.6 Å². The second-order valence-electron chi connectivity index (χ2n) is 7.00. The minimum atomic E-state index is -0.952. The highest BCUT2D eigenvalue weighted by atomic mass is 35.5. The van der Waals surface area contributed by atoms with Gasteiger partial charge in [0.15, 0.2) is 10.9 Å². The van der Waals surface area contributed by atoms with Crippen molar-refractivity contribution in [3.8, 4) is 0 Å². The molecule has 33 heavy (non-hydrogen) atoms. The van der Waals surface area contributed by atoms with Gasteiger partial charge in [-0.3, -0.25) is 14.5 Å². The van der Waals surface area contributed by atoms with Gasteiger partial charge in [0, 0.05) is 5.02 Å². The number of benzene rings is 1. The number of Topliss-reactive ketones (excluding diaryl/α,β-unsaturated/α-hetero) is 1. The van der Waals surface area contributed by atoms with E-state index in [2.05, 4.69) is 11.6 Å². The molecule has 0 spiro atoms. The lowest BCUT2D eigenvalue weighted by atomic mass is 9.95. The number of aliphatic hydroxyl groups excluding tert-OH is 1. The number of aliphatic hydroxyl groups is 1. The Morgan fingerprint density at radius 2 is 2.03 bits per heavy atom. The molecule has 7 nitrogen and oxygen atoms in total. The van der Waals surface area contributed by atoms with Crippen LogP contribution in [0.3, 0.4) is 0 Å². The molecule has 10 heteroatoms. The molecule has 2 aromatic heterocycles. The SMILES string of the molecule is C=CCOC(=O)c1sc(N2C(=O)C(O)=C(C(=O)c3cccs3)C2c2ccc(Cl)cc2)nc1C. The number of nitrogens with zero attached hydrogens (tertiary/aromatic N) is 2. The van der Waals surface area contributed by atoms with Gasteiger partial charge in [0.05, 0.1) is 22.2 Å². The Bertz CT molecular complexity index is 1280. The number of hydrogen-bond donors (Lipinski definition) is 1. The highest BCUT2D eigenvalue weighted by Crippen LogP contribution is 2.44. The van der Waals surface area contributed by atoms with Crippen LogP contribution < -0.4 is 4.90 Å². The van der Waals surface area contributed by atoms with Crippen molar-refractivity contribution >= 4 is 57.1 Å². The Morgan fingerprint density at radius 1 is 1.30 bits per heavy atom. The molecule has 1 N–H and O–H groups in total. The molecule has 3 heterocycles. The number of rotatable bonds is 7. The zero-order chi connectivity index (χ0) is 23.7. The summed E-state index contributed by atoms with van der Waals surface area (Å²) >= 11 is 8.19. The van der Waals surface area contributed by atoms with Crippen molar-refractivity contribution in [2.24, 2.45) is 0 Å². The molecule has 0 aliphatic carbocycles. The number of ether oxygens (including phenoxy) is 1. The first-order valence-corrected chi connectivity index (χ1v) is 11.8. The number of anilines is 1. The lowest BCUT2D eigenvalue weighted by Gasteiger charge is -2.24. The summed E-state index contributed by atoms with van der Waals surface area (Å²) in [6.07, 6.45) is 1.44. The number of aryl methyl sites for hydroxylation is 1. The Balaban J connectivity index is 1.82. The van der Waals surface area contributed by atoms with Crippen molar-refractivity contribution in [1.82, 2.24) is 4.98 Å². The maximum absolute atomic E-state index is 13.3. The van der Waals surface area contributed by atoms with E-state index in [1.165, 1.54) is 22.3 Å². The molecule has 4 rings (SSSR count). The molecule has 0 radical (unpaired) electrons. The maximum Gasteiger partial charge on any atom is 0.350 e. The van der Waals surface area contributed by atoms with Crippen LogP contribution in [0.4, 0.5) is 5.13 Å². The number of hydrogen-bond acceptors (Lipinski definition) is 8. The van der Waals surface area contributed by atoms with Gasteiger partial charge < -0.3 is 9.84 Å². The van der Waals surface area contributed by atoms with Crippen molar-refractivity contribution in [2.45, 2.75) is 13.0 Å². The molecule has 3 aromatic rings. The number of carbonyl (C=O) groups excluding carboxylic acids is 3. The van der Waals surface area contributed by atoms with E-state index in [9.17, 15) is 19.5 Å². The average molecular weight is 501 g/mol. The summed E-state index contributed by atoms with van der Waals surface area (Å²) in [7, 11) is 0. The highest BCUT2D eigenvalue weighted by Gasteiger charge is 2.46. The average Bonchev–Trinajstić information content (AvgIpc) is 3.52. The van der Waals surface area contributed by atoms with Crippen LogP contribution in [0.5, 0.6) is 0 Å². The standard InChI is InChI=1S/C23H17ClN2O5S2/c1-3-10-31-22(30)20-12(2)25-23(33-20)26-17(13-6-8-14(24)9-7-13)16(19(28)21(26)29)18(27)15-5-4-11-32-15/h3-9,11,17,28H,1,10H2,2H3. The van der Waals surface area contributed by atoms with Gasteiger partial charge in [0.25, 0.3) is 5.91 Å². The number of amides is 1. The van der Waals surface area contributed by atoms with Crippen LogP contribution in [-0.2, 0) is 9.53 Å². The lowest BCUT2D eigenvalue weighted by molar-refractivity contribution is -0.117. The molecule has 1 unspecified atom stereocenters. The van der Waals surface area contributed by atoms with Gasteiger partial charge in [-0.2, -0.15) is 0 Å². The predicted octanol–water partition coefficient (Wildman–Crippen LogP) is 5.29. The Morgan fingerprint density at radius 3 is 2.67 bits per heavy atom. The van der Waals surface area contributed by atoms with Crippen molar-refractivity contribution < 1.29 is 24.2 Å². The van der Waals surface area contributed by atoms with Crippen molar-refractivity contribution in [1.29, 1.82) is 0 Å². The summed E-state index contributed by atoms with van der Waals surface area (Å²) in [6.45, 7) is 5.16. The monoisotopic (exact) mass is 500 g/mol. The van der Waals surface area contributed by atoms with Crippen molar-refractivity contribution in [3.63, 3.8) is 0 Å². The molecule has 1 aliphatic heterocycles. The maximum atomic E-state index is 13.3. The Kier molecular flexibility index (Phi) is 6.46. The topological polar surface area (TPSA) is 96.8 Å². The second-order valence-corrected chi connectivity index (χ2v) is 9.36. The second kappa shape index (κ2) is 9.30. The first kappa shape index (κ1) is 22.9. The quantitative estimate of drug-likeness (QED) is 0.269. The van der Waals surface area contributed by atoms with Crippen LogP contribution in [0.25, 0.3) is 0 Å². The van der Waals surface area contributed by atoms with Gasteiger partial charge in [-0.05, 0) is 36.1 Å².